The number of ether oxygens (including phenoxy) is 2. The van der Waals surface area contributed by atoms with Gasteiger partial charge in [0.15, 0.2) is 5.78 Å². The number of likely N-dealkylation sites (tertiary alicyclic amines) is 1. The number of methoxy groups -OCH3 is 1. The summed E-state index contributed by atoms with van der Waals surface area (Å²) < 4.78 is 10.8. The van der Waals surface area contributed by atoms with Crippen LogP contribution in [0.15, 0.2) is 48.5 Å². The van der Waals surface area contributed by atoms with Gasteiger partial charge in [0.2, 0.25) is 0 Å². The smallest absolute Gasteiger partial charge is 0.337 e. The van der Waals surface area contributed by atoms with E-state index in [-0.39, 0.29) is 18.1 Å². The molecule has 2 aromatic carbocycles. The molecule has 0 unspecified atom stereocenters. The first-order chi connectivity index (χ1) is 13.0. The number of amides is 1. The van der Waals surface area contributed by atoms with Gasteiger partial charge in [0.1, 0.15) is 11.4 Å². The summed E-state index contributed by atoms with van der Waals surface area (Å²) in [5, 5.41) is 0. The fraction of sp³-hybridized carbons (Fsp3) is 0.286. The molecule has 6 heteroatoms. The minimum atomic E-state index is -0.660. The molecule has 2 heterocycles. The van der Waals surface area contributed by atoms with Crippen molar-refractivity contribution in [3.05, 3.63) is 65.2 Å². The molecule has 1 spiro atoms. The second-order valence-corrected chi connectivity index (χ2v) is 6.93. The molecule has 2 aromatic rings. The molecule has 2 aliphatic heterocycles. The summed E-state index contributed by atoms with van der Waals surface area (Å²) in [6, 6.07) is 13.6. The van der Waals surface area contributed by atoms with Crippen molar-refractivity contribution in [2.45, 2.75) is 18.4 Å². The number of carbonyl (C=O) groups is 3. The zero-order valence-electron chi connectivity index (χ0n) is 14.9. The van der Waals surface area contributed by atoms with Gasteiger partial charge in [-0.1, -0.05) is 12.1 Å². The second-order valence-electron chi connectivity index (χ2n) is 6.93. The maximum absolute atomic E-state index is 12.8. The van der Waals surface area contributed by atoms with E-state index in [1.807, 2.05) is 12.1 Å². The number of carbonyl (C=O) groups excluding carboxylic acids is 3. The Morgan fingerprint density at radius 1 is 1.07 bits per heavy atom. The number of nitrogens with zero attached hydrogens (tertiary/aromatic N) is 1. The zero-order valence-corrected chi connectivity index (χ0v) is 14.9. The van der Waals surface area contributed by atoms with Crippen molar-refractivity contribution in [3.63, 3.8) is 0 Å². The molecule has 0 N–H and O–H groups in total. The van der Waals surface area contributed by atoms with Crippen LogP contribution in [0, 0.1) is 0 Å². The van der Waals surface area contributed by atoms with Gasteiger partial charge in [-0.2, -0.15) is 0 Å². The lowest BCUT2D eigenvalue weighted by atomic mass is 9.89. The van der Waals surface area contributed by atoms with Crippen LogP contribution in [0.1, 0.15) is 43.9 Å². The highest BCUT2D eigenvalue weighted by molar-refractivity contribution is 6.01. The standard InChI is InChI=1S/C21H19NO5/c1-26-20(25)15-8-6-14(7-9-15)19(24)22-11-10-21(13-22)12-17(23)16-4-2-3-5-18(16)27-21/h2-9H,10-13H2,1H3/t21-/m0/s1. The van der Waals surface area contributed by atoms with Crippen molar-refractivity contribution in [2.75, 3.05) is 20.2 Å². The molecular formula is C21H19NO5. The van der Waals surface area contributed by atoms with Crippen molar-refractivity contribution in [1.82, 2.24) is 4.90 Å². The highest BCUT2D eigenvalue weighted by Crippen LogP contribution is 2.38. The summed E-state index contributed by atoms with van der Waals surface area (Å²) in [5.41, 5.74) is 0.825. The quantitative estimate of drug-likeness (QED) is 0.765. The molecule has 1 atom stereocenters. The predicted molar refractivity (Wildman–Crippen MR) is 97.1 cm³/mol. The van der Waals surface area contributed by atoms with Crippen LogP contribution in [0.25, 0.3) is 0 Å². The molecule has 0 aromatic heterocycles. The van der Waals surface area contributed by atoms with Gasteiger partial charge >= 0.3 is 5.97 Å². The minimum Gasteiger partial charge on any atom is -0.484 e. The molecule has 138 valence electrons. The molecule has 1 fully saturated rings. The number of hydrogen-bond acceptors (Lipinski definition) is 5. The van der Waals surface area contributed by atoms with Crippen LogP contribution in [-0.2, 0) is 4.74 Å². The van der Waals surface area contributed by atoms with E-state index in [4.69, 9.17) is 4.74 Å². The summed E-state index contributed by atoms with van der Waals surface area (Å²) >= 11 is 0. The summed E-state index contributed by atoms with van der Waals surface area (Å²) in [7, 11) is 1.31. The normalized spacial score (nSPS) is 20.9. The monoisotopic (exact) mass is 365 g/mol. The first kappa shape index (κ1) is 17.3. The van der Waals surface area contributed by atoms with Crippen LogP contribution in [0.3, 0.4) is 0 Å². The van der Waals surface area contributed by atoms with E-state index in [1.54, 1.807) is 41.3 Å². The third kappa shape index (κ3) is 3.07. The average molecular weight is 365 g/mol. The third-order valence-corrected chi connectivity index (χ3v) is 5.15. The van der Waals surface area contributed by atoms with Crippen LogP contribution in [0.2, 0.25) is 0 Å². The van der Waals surface area contributed by atoms with Crippen LogP contribution in [0.4, 0.5) is 0 Å². The molecule has 6 nitrogen and oxygen atoms in total. The van der Waals surface area contributed by atoms with Crippen LogP contribution in [0.5, 0.6) is 5.75 Å². The Bertz CT molecular complexity index is 920. The van der Waals surface area contributed by atoms with Crippen molar-refractivity contribution in [3.8, 4) is 5.75 Å². The Morgan fingerprint density at radius 2 is 1.78 bits per heavy atom. The predicted octanol–water partition coefficient (Wildman–Crippen LogP) is 2.72. The van der Waals surface area contributed by atoms with E-state index in [0.29, 0.717) is 42.0 Å². The molecule has 0 radical (unpaired) electrons. The second kappa shape index (κ2) is 6.54. The summed E-state index contributed by atoms with van der Waals surface area (Å²) in [6.45, 7) is 0.887. The first-order valence-electron chi connectivity index (χ1n) is 8.80. The lowest BCUT2D eigenvalue weighted by Gasteiger charge is -2.34. The maximum atomic E-state index is 12.8. The molecule has 2 aliphatic rings. The Balaban J connectivity index is 1.50. The van der Waals surface area contributed by atoms with Gasteiger partial charge in [-0.25, -0.2) is 4.79 Å². The summed E-state index contributed by atoms with van der Waals surface area (Å²) in [6.07, 6.45) is 0.883. The number of fused-ring (bicyclic) bond motifs is 1. The molecule has 4 rings (SSSR count). The van der Waals surface area contributed by atoms with Gasteiger partial charge in [-0.05, 0) is 36.4 Å². The van der Waals surface area contributed by atoms with E-state index in [0.717, 1.165) is 0 Å². The molecule has 0 aliphatic carbocycles. The van der Waals surface area contributed by atoms with Crippen LogP contribution >= 0.6 is 0 Å². The SMILES string of the molecule is COC(=O)c1ccc(C(=O)N2CC[C@]3(CC(=O)c4ccccc4O3)C2)cc1. The number of ketones is 1. The number of esters is 1. The van der Waals surface area contributed by atoms with Gasteiger partial charge < -0.3 is 14.4 Å². The van der Waals surface area contributed by atoms with Crippen molar-refractivity contribution >= 4 is 17.7 Å². The molecule has 0 bridgehead atoms. The fourth-order valence-electron chi connectivity index (χ4n) is 3.74. The molecule has 1 saturated heterocycles. The van der Waals surface area contributed by atoms with Crippen molar-refractivity contribution in [2.24, 2.45) is 0 Å². The van der Waals surface area contributed by atoms with Gasteiger partial charge in [0.25, 0.3) is 5.91 Å². The topological polar surface area (TPSA) is 72.9 Å². The Labute approximate surface area is 156 Å². The zero-order chi connectivity index (χ0) is 19.0. The molecular weight excluding hydrogens is 346 g/mol. The van der Waals surface area contributed by atoms with Gasteiger partial charge in [-0.15, -0.1) is 0 Å². The van der Waals surface area contributed by atoms with Crippen molar-refractivity contribution in [1.29, 1.82) is 0 Å². The van der Waals surface area contributed by atoms with E-state index >= 15 is 0 Å². The lowest BCUT2D eigenvalue weighted by Crippen LogP contribution is -2.45. The highest BCUT2D eigenvalue weighted by atomic mass is 16.5. The average Bonchev–Trinajstić information content (AvgIpc) is 3.09. The Kier molecular flexibility index (Phi) is 4.18. The fourth-order valence-corrected chi connectivity index (χ4v) is 3.74. The number of rotatable bonds is 2. The third-order valence-electron chi connectivity index (χ3n) is 5.15. The summed E-state index contributed by atoms with van der Waals surface area (Å²) in [5.74, 6) is 0.0548. The van der Waals surface area contributed by atoms with Crippen molar-refractivity contribution < 1.29 is 23.9 Å². The minimum absolute atomic E-state index is 0.0496. The van der Waals surface area contributed by atoms with Gasteiger partial charge in [0.05, 0.1) is 31.2 Å². The highest BCUT2D eigenvalue weighted by Gasteiger charge is 2.47. The van der Waals surface area contributed by atoms with E-state index in [2.05, 4.69) is 4.74 Å². The van der Waals surface area contributed by atoms with Gasteiger partial charge in [-0.3, -0.25) is 9.59 Å². The number of benzene rings is 2. The Morgan fingerprint density at radius 3 is 2.52 bits per heavy atom. The summed E-state index contributed by atoms with van der Waals surface area (Å²) in [4.78, 5) is 38.5. The maximum Gasteiger partial charge on any atom is 0.337 e. The molecule has 27 heavy (non-hydrogen) atoms. The van der Waals surface area contributed by atoms with Crippen LogP contribution in [-0.4, -0.2) is 48.4 Å². The molecule has 0 saturated carbocycles. The van der Waals surface area contributed by atoms with E-state index < -0.39 is 11.6 Å². The van der Waals surface area contributed by atoms with Crippen LogP contribution < -0.4 is 4.74 Å². The van der Waals surface area contributed by atoms with E-state index in [9.17, 15) is 14.4 Å². The molecule has 1 amide bonds. The van der Waals surface area contributed by atoms with E-state index in [1.165, 1.54) is 7.11 Å². The largest absolute Gasteiger partial charge is 0.484 e. The lowest BCUT2D eigenvalue weighted by molar-refractivity contribution is 0.0428. The number of hydrogen-bond donors (Lipinski definition) is 0. The van der Waals surface area contributed by atoms with Gasteiger partial charge in [0, 0.05) is 18.5 Å². The Hall–Kier alpha value is -3.15. The number of para-hydroxylation sites is 1. The first-order valence-corrected chi connectivity index (χ1v) is 8.80. The number of Topliss-reactive ketones (excluding diaryl/α,β-unsaturated/α-hetero) is 1.